The van der Waals surface area contributed by atoms with Crippen LogP contribution < -0.4 is 0 Å². The first-order valence-electron chi connectivity index (χ1n) is 8.64. The Hall–Kier alpha value is -2.66. The maximum absolute atomic E-state index is 13.1. The fraction of sp³-hybridized carbons (Fsp3) is 0.238. The second-order valence-electron chi connectivity index (χ2n) is 6.58. The number of aromatic nitrogens is 2. The van der Waals surface area contributed by atoms with Crippen molar-refractivity contribution in [3.8, 4) is 0 Å². The zero-order valence-corrected chi connectivity index (χ0v) is 16.3. The van der Waals surface area contributed by atoms with Gasteiger partial charge in [0.2, 0.25) is 0 Å². The zero-order valence-electron chi connectivity index (χ0n) is 15.5. The van der Waals surface area contributed by atoms with Gasteiger partial charge in [-0.3, -0.25) is 9.48 Å². The number of benzene rings is 2. The number of carbonyl (C=O) groups excluding carboxylic acids is 1. The molecule has 3 aromatic rings. The molecular formula is C21H21ClFN3O. The molecule has 0 fully saturated rings. The van der Waals surface area contributed by atoms with E-state index in [1.807, 2.05) is 38.1 Å². The van der Waals surface area contributed by atoms with Gasteiger partial charge in [-0.05, 0) is 43.2 Å². The number of amides is 1. The van der Waals surface area contributed by atoms with Crippen LogP contribution in [-0.2, 0) is 13.1 Å². The van der Waals surface area contributed by atoms with E-state index in [0.717, 1.165) is 16.8 Å². The Labute approximate surface area is 163 Å². The van der Waals surface area contributed by atoms with Crippen LogP contribution in [0.1, 0.15) is 32.9 Å². The fourth-order valence-corrected chi connectivity index (χ4v) is 3.27. The summed E-state index contributed by atoms with van der Waals surface area (Å²) < 4.78 is 14.9. The van der Waals surface area contributed by atoms with E-state index in [2.05, 4.69) is 5.10 Å². The van der Waals surface area contributed by atoms with Crippen LogP contribution in [0.4, 0.5) is 4.39 Å². The van der Waals surface area contributed by atoms with Crippen molar-refractivity contribution in [2.45, 2.75) is 26.9 Å². The molecule has 3 rings (SSSR count). The van der Waals surface area contributed by atoms with E-state index in [4.69, 9.17) is 11.6 Å². The maximum atomic E-state index is 13.1. The van der Waals surface area contributed by atoms with Crippen molar-refractivity contribution in [3.63, 3.8) is 0 Å². The fourth-order valence-electron chi connectivity index (χ4n) is 3.07. The van der Waals surface area contributed by atoms with Crippen LogP contribution in [0, 0.1) is 19.7 Å². The summed E-state index contributed by atoms with van der Waals surface area (Å²) in [7, 11) is 1.73. The number of hydrogen-bond acceptors (Lipinski definition) is 2. The van der Waals surface area contributed by atoms with Crippen LogP contribution in [0.3, 0.4) is 0 Å². The third-order valence-electron chi connectivity index (χ3n) is 4.55. The summed E-state index contributed by atoms with van der Waals surface area (Å²) in [6, 6.07) is 13.7. The zero-order chi connectivity index (χ0) is 19.6. The van der Waals surface area contributed by atoms with E-state index in [0.29, 0.717) is 29.4 Å². The summed E-state index contributed by atoms with van der Waals surface area (Å²) in [5.74, 6) is -0.403. The van der Waals surface area contributed by atoms with Gasteiger partial charge in [0, 0.05) is 24.3 Å². The Morgan fingerprint density at radius 1 is 1.15 bits per heavy atom. The lowest BCUT2D eigenvalue weighted by Crippen LogP contribution is -2.27. The largest absolute Gasteiger partial charge is 0.337 e. The highest BCUT2D eigenvalue weighted by Gasteiger charge is 2.22. The first-order valence-corrected chi connectivity index (χ1v) is 9.02. The minimum atomic E-state index is -0.291. The van der Waals surface area contributed by atoms with Crippen molar-refractivity contribution < 1.29 is 9.18 Å². The van der Waals surface area contributed by atoms with Crippen molar-refractivity contribution in [1.82, 2.24) is 14.7 Å². The van der Waals surface area contributed by atoms with Crippen LogP contribution in [0.25, 0.3) is 0 Å². The first kappa shape index (κ1) is 19.1. The smallest absolute Gasteiger partial charge is 0.257 e. The van der Waals surface area contributed by atoms with Crippen LogP contribution in [0.15, 0.2) is 48.5 Å². The highest BCUT2D eigenvalue weighted by Crippen LogP contribution is 2.21. The molecule has 140 valence electrons. The van der Waals surface area contributed by atoms with Crippen LogP contribution in [-0.4, -0.2) is 27.6 Å². The van der Waals surface area contributed by atoms with Crippen molar-refractivity contribution in [3.05, 3.63) is 87.4 Å². The van der Waals surface area contributed by atoms with E-state index in [-0.39, 0.29) is 11.7 Å². The minimum absolute atomic E-state index is 0.111. The van der Waals surface area contributed by atoms with Gasteiger partial charge in [0.25, 0.3) is 5.91 Å². The van der Waals surface area contributed by atoms with E-state index < -0.39 is 0 Å². The van der Waals surface area contributed by atoms with Gasteiger partial charge in [0.05, 0.1) is 17.8 Å². The molecule has 1 heterocycles. The lowest BCUT2D eigenvalue weighted by atomic mass is 10.1. The summed E-state index contributed by atoms with van der Waals surface area (Å²) in [5.41, 5.74) is 3.87. The summed E-state index contributed by atoms with van der Waals surface area (Å²) in [5, 5.41) is 5.20. The molecule has 0 spiro atoms. The Morgan fingerprint density at radius 2 is 1.81 bits per heavy atom. The number of hydrogen-bond donors (Lipinski definition) is 0. The van der Waals surface area contributed by atoms with Crippen molar-refractivity contribution >= 4 is 17.5 Å². The highest BCUT2D eigenvalue weighted by molar-refractivity contribution is 6.31. The summed E-state index contributed by atoms with van der Waals surface area (Å²) in [4.78, 5) is 14.6. The number of halogens is 2. The molecule has 6 heteroatoms. The number of aryl methyl sites for hydroxylation is 1. The first-order chi connectivity index (χ1) is 12.9. The van der Waals surface area contributed by atoms with Gasteiger partial charge >= 0.3 is 0 Å². The quantitative estimate of drug-likeness (QED) is 0.643. The third-order valence-corrected chi connectivity index (χ3v) is 4.92. The number of nitrogens with zero attached hydrogens (tertiary/aromatic N) is 3. The average molecular weight is 386 g/mol. The van der Waals surface area contributed by atoms with E-state index >= 15 is 0 Å². The van der Waals surface area contributed by atoms with Crippen molar-refractivity contribution in [1.29, 1.82) is 0 Å². The van der Waals surface area contributed by atoms with E-state index in [1.165, 1.54) is 12.1 Å². The molecule has 1 aromatic heterocycles. The van der Waals surface area contributed by atoms with Crippen LogP contribution in [0.2, 0.25) is 5.02 Å². The van der Waals surface area contributed by atoms with Crippen molar-refractivity contribution in [2.75, 3.05) is 7.05 Å². The lowest BCUT2D eigenvalue weighted by molar-refractivity contribution is 0.0783. The molecule has 0 bridgehead atoms. The molecule has 0 saturated carbocycles. The molecular weight excluding hydrogens is 365 g/mol. The van der Waals surface area contributed by atoms with Gasteiger partial charge in [-0.1, -0.05) is 41.9 Å². The molecule has 0 aliphatic carbocycles. The third kappa shape index (κ3) is 4.19. The molecule has 0 aliphatic heterocycles. The second kappa shape index (κ2) is 7.92. The van der Waals surface area contributed by atoms with Crippen LogP contribution >= 0.6 is 11.6 Å². The molecule has 0 N–H and O–H groups in total. The molecule has 0 unspecified atom stereocenters. The Kier molecular flexibility index (Phi) is 5.61. The Bertz CT molecular complexity index is 966. The van der Waals surface area contributed by atoms with Crippen molar-refractivity contribution in [2.24, 2.45) is 0 Å². The molecule has 0 saturated heterocycles. The monoisotopic (exact) mass is 385 g/mol. The van der Waals surface area contributed by atoms with Gasteiger partial charge in [-0.2, -0.15) is 5.10 Å². The number of rotatable bonds is 5. The molecule has 4 nitrogen and oxygen atoms in total. The molecule has 27 heavy (non-hydrogen) atoms. The molecule has 0 radical (unpaired) electrons. The number of carbonyl (C=O) groups is 1. The molecule has 0 atom stereocenters. The summed E-state index contributed by atoms with van der Waals surface area (Å²) in [6.07, 6.45) is 0. The van der Waals surface area contributed by atoms with E-state index in [9.17, 15) is 9.18 Å². The lowest BCUT2D eigenvalue weighted by Gasteiger charge is -2.17. The molecule has 1 amide bonds. The Morgan fingerprint density at radius 3 is 2.48 bits per heavy atom. The molecule has 0 aliphatic rings. The SMILES string of the molecule is Cc1nn(Cc2ccccc2Cl)c(C)c1C(=O)N(C)Cc1ccc(F)cc1. The normalized spacial score (nSPS) is 10.9. The summed E-state index contributed by atoms with van der Waals surface area (Å²) in [6.45, 7) is 4.61. The van der Waals surface area contributed by atoms with Gasteiger partial charge in [0.15, 0.2) is 0 Å². The minimum Gasteiger partial charge on any atom is -0.337 e. The van der Waals surface area contributed by atoms with Gasteiger partial charge < -0.3 is 4.90 Å². The standard InChI is InChI=1S/C21H21ClFN3O/c1-14-20(21(27)25(3)12-16-8-10-18(23)11-9-16)15(2)26(24-14)13-17-6-4-5-7-19(17)22/h4-11H,12-13H2,1-3H3. The predicted octanol–water partition coefficient (Wildman–Crippen LogP) is 4.61. The van der Waals surface area contributed by atoms with Gasteiger partial charge in [0.1, 0.15) is 5.82 Å². The van der Waals surface area contributed by atoms with Gasteiger partial charge in [-0.25, -0.2) is 4.39 Å². The summed E-state index contributed by atoms with van der Waals surface area (Å²) >= 11 is 6.24. The Balaban J connectivity index is 1.81. The predicted molar refractivity (Wildman–Crippen MR) is 104 cm³/mol. The second-order valence-corrected chi connectivity index (χ2v) is 6.99. The maximum Gasteiger partial charge on any atom is 0.257 e. The molecule has 2 aromatic carbocycles. The van der Waals surface area contributed by atoms with Crippen LogP contribution in [0.5, 0.6) is 0 Å². The topological polar surface area (TPSA) is 38.1 Å². The van der Waals surface area contributed by atoms with E-state index in [1.54, 1.807) is 28.8 Å². The average Bonchev–Trinajstić information content (AvgIpc) is 2.92. The highest BCUT2D eigenvalue weighted by atomic mass is 35.5. The van der Waals surface area contributed by atoms with Gasteiger partial charge in [-0.15, -0.1) is 0 Å².